The van der Waals surface area contributed by atoms with Crippen molar-refractivity contribution < 1.29 is 17.9 Å². The predicted molar refractivity (Wildman–Crippen MR) is 131 cm³/mol. The summed E-state index contributed by atoms with van der Waals surface area (Å²) in [6.45, 7) is 4.90. The molecule has 1 aromatic carbocycles. The van der Waals surface area contributed by atoms with Crippen LogP contribution < -0.4 is 15.2 Å². The lowest BCUT2D eigenvalue weighted by Crippen LogP contribution is -2.58. The van der Waals surface area contributed by atoms with Crippen molar-refractivity contribution in [2.75, 3.05) is 18.0 Å². The van der Waals surface area contributed by atoms with Crippen LogP contribution in [0.25, 0.3) is 11.0 Å². The van der Waals surface area contributed by atoms with Gasteiger partial charge in [0.2, 0.25) is 0 Å². The van der Waals surface area contributed by atoms with Gasteiger partial charge in [0.05, 0.1) is 23.7 Å². The molecule has 37 heavy (non-hydrogen) atoms. The summed E-state index contributed by atoms with van der Waals surface area (Å²) in [4.78, 5) is 21.4. The Bertz CT molecular complexity index is 1440. The van der Waals surface area contributed by atoms with Crippen molar-refractivity contribution in [2.24, 2.45) is 7.05 Å². The molecule has 0 N–H and O–H groups in total. The minimum Gasteiger partial charge on any atom is -0.406 e. The van der Waals surface area contributed by atoms with Crippen LogP contribution in [0.1, 0.15) is 37.6 Å². The van der Waals surface area contributed by atoms with Gasteiger partial charge in [-0.25, -0.2) is 4.98 Å². The fraction of sp³-hybridized carbons (Fsp3) is 0.385. The highest BCUT2D eigenvalue weighted by Gasteiger charge is 2.36. The number of hydrogen-bond donors (Lipinski definition) is 0. The molecule has 2 aromatic heterocycles. The van der Waals surface area contributed by atoms with Gasteiger partial charge in [0.1, 0.15) is 23.0 Å². The lowest BCUT2D eigenvalue weighted by molar-refractivity contribution is -0.274. The molecular weight excluding hydrogens is 485 g/mol. The first-order valence-electron chi connectivity index (χ1n) is 11.7. The molecule has 1 aliphatic rings. The van der Waals surface area contributed by atoms with Crippen molar-refractivity contribution in [3.63, 3.8) is 0 Å². The number of anilines is 1. The molecular formula is C26H25F3N6O2. The van der Waals surface area contributed by atoms with Gasteiger partial charge in [-0.2, -0.15) is 10.5 Å². The Labute approximate surface area is 211 Å². The van der Waals surface area contributed by atoms with E-state index in [0.29, 0.717) is 29.8 Å². The van der Waals surface area contributed by atoms with Crippen molar-refractivity contribution in [3.8, 4) is 17.9 Å². The number of fused-ring (bicyclic) bond motifs is 1. The summed E-state index contributed by atoms with van der Waals surface area (Å²) < 4.78 is 43.0. The van der Waals surface area contributed by atoms with Crippen LogP contribution in [0.15, 0.2) is 47.3 Å². The zero-order valence-electron chi connectivity index (χ0n) is 20.5. The zero-order valence-corrected chi connectivity index (χ0v) is 20.5. The Hall–Kier alpha value is -4.09. The van der Waals surface area contributed by atoms with E-state index in [4.69, 9.17) is 0 Å². The number of nitrogens with zero attached hydrogens (tertiary/aromatic N) is 6. The van der Waals surface area contributed by atoms with E-state index in [0.717, 1.165) is 5.56 Å². The Morgan fingerprint density at radius 3 is 2.49 bits per heavy atom. The monoisotopic (exact) mass is 510 g/mol. The first-order chi connectivity index (χ1) is 17.5. The molecule has 0 spiro atoms. The molecule has 3 aromatic rings. The van der Waals surface area contributed by atoms with E-state index >= 15 is 0 Å². The molecule has 0 saturated carbocycles. The SMILES string of the molecule is CC(c1ccc(OC(F)(F)F)cc1)N1C[C@H](C)N(c2cc(=O)n(C)c3ccc(C#N)nc23)CC1CC#N. The molecule has 1 saturated heterocycles. The highest BCUT2D eigenvalue weighted by atomic mass is 19.4. The molecule has 4 rings (SSSR count). The van der Waals surface area contributed by atoms with Gasteiger partial charge in [0, 0.05) is 44.3 Å². The van der Waals surface area contributed by atoms with Crippen molar-refractivity contribution in [2.45, 2.75) is 44.8 Å². The summed E-state index contributed by atoms with van der Waals surface area (Å²) >= 11 is 0. The maximum absolute atomic E-state index is 12.7. The molecule has 8 nitrogen and oxygen atoms in total. The van der Waals surface area contributed by atoms with Crippen molar-refractivity contribution >= 4 is 16.7 Å². The number of piperazine rings is 1. The summed E-state index contributed by atoms with van der Waals surface area (Å²) in [7, 11) is 1.65. The fourth-order valence-corrected chi connectivity index (χ4v) is 4.89. The third-order valence-electron chi connectivity index (χ3n) is 6.80. The smallest absolute Gasteiger partial charge is 0.406 e. The third-order valence-corrected chi connectivity index (χ3v) is 6.80. The first kappa shape index (κ1) is 26.0. The van der Waals surface area contributed by atoms with Gasteiger partial charge in [0.25, 0.3) is 5.56 Å². The van der Waals surface area contributed by atoms with Gasteiger partial charge in [-0.1, -0.05) is 12.1 Å². The average Bonchev–Trinajstić information content (AvgIpc) is 2.86. The maximum atomic E-state index is 12.7. The molecule has 11 heteroatoms. The van der Waals surface area contributed by atoms with Crippen molar-refractivity contribution in [1.82, 2.24) is 14.5 Å². The number of ether oxygens (including phenoxy) is 1. The predicted octanol–water partition coefficient (Wildman–Crippen LogP) is 4.26. The Kier molecular flexibility index (Phi) is 7.10. The lowest BCUT2D eigenvalue weighted by Gasteiger charge is -2.48. The molecule has 3 atom stereocenters. The van der Waals surface area contributed by atoms with E-state index in [1.165, 1.54) is 22.8 Å². The van der Waals surface area contributed by atoms with Gasteiger partial charge < -0.3 is 14.2 Å². The van der Waals surface area contributed by atoms with E-state index in [9.17, 15) is 28.5 Å². The van der Waals surface area contributed by atoms with Crippen molar-refractivity contribution in [1.29, 1.82) is 10.5 Å². The normalized spacial score (nSPS) is 19.3. The number of rotatable bonds is 5. The van der Waals surface area contributed by atoms with Crippen LogP contribution in [0, 0.1) is 22.7 Å². The molecule has 192 valence electrons. The van der Waals surface area contributed by atoms with Gasteiger partial charge >= 0.3 is 6.36 Å². The summed E-state index contributed by atoms with van der Waals surface area (Å²) in [5, 5.41) is 18.9. The van der Waals surface area contributed by atoms with E-state index in [1.54, 1.807) is 31.3 Å². The summed E-state index contributed by atoms with van der Waals surface area (Å²) in [5.74, 6) is -0.294. The second kappa shape index (κ2) is 10.1. The summed E-state index contributed by atoms with van der Waals surface area (Å²) in [6.07, 6.45) is -4.55. The number of hydrogen-bond acceptors (Lipinski definition) is 7. The molecule has 0 bridgehead atoms. The van der Waals surface area contributed by atoms with Crippen LogP contribution in [0.4, 0.5) is 18.9 Å². The number of aromatic nitrogens is 2. The van der Waals surface area contributed by atoms with Gasteiger partial charge in [-0.15, -0.1) is 13.2 Å². The minimum atomic E-state index is -4.76. The second-order valence-electron chi connectivity index (χ2n) is 9.11. The van der Waals surface area contributed by atoms with Crippen LogP contribution in [-0.4, -0.2) is 46.0 Å². The molecule has 0 radical (unpaired) electrons. The van der Waals surface area contributed by atoms with Crippen LogP contribution in [0.3, 0.4) is 0 Å². The quantitative estimate of drug-likeness (QED) is 0.506. The highest BCUT2D eigenvalue weighted by Crippen LogP contribution is 2.34. The molecule has 1 fully saturated rings. The fourth-order valence-electron chi connectivity index (χ4n) is 4.89. The number of nitriles is 2. The second-order valence-corrected chi connectivity index (χ2v) is 9.11. The van der Waals surface area contributed by atoms with Gasteiger partial charge in [-0.3, -0.25) is 9.69 Å². The van der Waals surface area contributed by atoms with E-state index in [-0.39, 0.29) is 41.5 Å². The summed E-state index contributed by atoms with van der Waals surface area (Å²) in [6, 6.07) is 14.3. The Balaban J connectivity index is 1.66. The highest BCUT2D eigenvalue weighted by molar-refractivity contribution is 5.89. The average molecular weight is 511 g/mol. The molecule has 3 heterocycles. The number of aryl methyl sites for hydroxylation is 1. The molecule has 0 aliphatic carbocycles. The van der Waals surface area contributed by atoms with Gasteiger partial charge in [0.15, 0.2) is 0 Å². The largest absolute Gasteiger partial charge is 0.573 e. The molecule has 1 aliphatic heterocycles. The van der Waals surface area contributed by atoms with Crippen molar-refractivity contribution in [3.05, 3.63) is 64.1 Å². The number of pyridine rings is 2. The van der Waals surface area contributed by atoms with Crippen LogP contribution >= 0.6 is 0 Å². The van der Waals surface area contributed by atoms with Crippen LogP contribution in [0.2, 0.25) is 0 Å². The van der Waals surface area contributed by atoms with E-state index in [2.05, 4.69) is 20.7 Å². The van der Waals surface area contributed by atoms with Crippen LogP contribution in [0.5, 0.6) is 5.75 Å². The molecule has 0 amide bonds. The standard InChI is InChI=1S/C26H25F3N6O2/c1-16-14-35(17(2)18-4-7-21(8-5-18)37-26(27,28)29)20(10-11-30)15-34(16)23-12-24(36)33(3)22-9-6-19(13-31)32-25(22)23/h4-9,12,16-17,20H,10,14-15H2,1-3H3/t16-,17?,20?/m0/s1. The topological polar surface area (TPSA) is 98.2 Å². The number of benzene rings is 1. The van der Waals surface area contributed by atoms with E-state index in [1.807, 2.05) is 24.8 Å². The third kappa shape index (κ3) is 5.37. The van der Waals surface area contributed by atoms with Crippen LogP contribution in [-0.2, 0) is 7.05 Å². The van der Waals surface area contributed by atoms with Gasteiger partial charge in [-0.05, 0) is 43.7 Å². The summed E-state index contributed by atoms with van der Waals surface area (Å²) in [5.41, 5.74) is 2.55. The Morgan fingerprint density at radius 1 is 1.16 bits per heavy atom. The lowest BCUT2D eigenvalue weighted by atomic mass is 9.98. The number of alkyl halides is 3. The van der Waals surface area contributed by atoms with E-state index < -0.39 is 6.36 Å². The first-order valence-corrected chi connectivity index (χ1v) is 11.7. The maximum Gasteiger partial charge on any atom is 0.573 e. The molecule has 2 unspecified atom stereocenters. The number of halogens is 3. The zero-order chi connectivity index (χ0) is 26.9. The minimum absolute atomic E-state index is 0.0897. The Morgan fingerprint density at radius 2 is 1.86 bits per heavy atom.